The van der Waals surface area contributed by atoms with Crippen LogP contribution in [0.25, 0.3) is 0 Å². The van der Waals surface area contributed by atoms with E-state index in [1.54, 1.807) is 7.11 Å². The second kappa shape index (κ2) is 5.45. The van der Waals surface area contributed by atoms with E-state index in [9.17, 15) is 4.79 Å². The molecule has 4 nitrogen and oxygen atoms in total. The summed E-state index contributed by atoms with van der Waals surface area (Å²) < 4.78 is 8.25. The Morgan fingerprint density at radius 2 is 2.28 bits per heavy atom. The van der Waals surface area contributed by atoms with E-state index in [1.807, 2.05) is 21.7 Å². The Bertz CT molecular complexity index is 442. The molecule has 2 rings (SSSR count). The normalized spacial score (nSPS) is 19.8. The number of likely N-dealkylation sites (tertiary alicyclic amines) is 1. The fraction of sp³-hybridized carbons (Fsp3) is 0.615. The number of carbonyl (C=O) groups is 1. The van der Waals surface area contributed by atoms with Crippen LogP contribution in [0.1, 0.15) is 36.8 Å². The van der Waals surface area contributed by atoms with E-state index < -0.39 is 0 Å². The molecule has 1 aromatic heterocycles. The molecule has 0 N–H and O–H groups in total. The van der Waals surface area contributed by atoms with Crippen molar-refractivity contribution < 1.29 is 9.53 Å². The van der Waals surface area contributed by atoms with Crippen molar-refractivity contribution in [3.63, 3.8) is 0 Å². The van der Waals surface area contributed by atoms with E-state index in [1.165, 1.54) is 0 Å². The minimum absolute atomic E-state index is 0.0916. The van der Waals surface area contributed by atoms with Gasteiger partial charge in [-0.2, -0.15) is 0 Å². The molecule has 1 amide bonds. The maximum absolute atomic E-state index is 12.5. The summed E-state index contributed by atoms with van der Waals surface area (Å²) in [4.78, 5) is 14.3. The highest BCUT2D eigenvalue weighted by atomic mass is 79.9. The van der Waals surface area contributed by atoms with Crippen molar-refractivity contribution in [3.05, 3.63) is 22.4 Å². The largest absolute Gasteiger partial charge is 0.380 e. The Labute approximate surface area is 116 Å². The van der Waals surface area contributed by atoms with E-state index in [0.717, 1.165) is 23.1 Å². The number of halogens is 1. The third kappa shape index (κ3) is 2.62. The van der Waals surface area contributed by atoms with Crippen molar-refractivity contribution in [1.29, 1.82) is 0 Å². The first-order valence-electron chi connectivity index (χ1n) is 6.22. The topological polar surface area (TPSA) is 34.5 Å². The summed E-state index contributed by atoms with van der Waals surface area (Å²) in [5, 5.41) is 0. The summed E-state index contributed by atoms with van der Waals surface area (Å²) in [5.74, 6) is 0.0916. The fourth-order valence-corrected chi connectivity index (χ4v) is 2.75. The zero-order valence-electron chi connectivity index (χ0n) is 11.0. The minimum atomic E-state index is 0.0916. The van der Waals surface area contributed by atoms with Crippen LogP contribution in [0.2, 0.25) is 0 Å². The molecule has 0 saturated carbocycles. The lowest BCUT2D eigenvalue weighted by molar-refractivity contribution is 0.0713. The lowest BCUT2D eigenvalue weighted by Crippen LogP contribution is -2.31. The van der Waals surface area contributed by atoms with Crippen LogP contribution in [-0.4, -0.2) is 41.7 Å². The molecule has 0 aromatic carbocycles. The number of nitrogens with zero attached hydrogens (tertiary/aromatic N) is 2. The molecule has 2 heterocycles. The predicted octanol–water partition coefficient (Wildman–Crippen LogP) is 2.69. The molecule has 1 fully saturated rings. The standard InChI is InChI=1S/C13H19BrN2O2/c1-9(2)16-7-10(14)6-12(16)13(17)15-5-4-11(8-15)18-3/h6-7,9,11H,4-5,8H2,1-3H3. The van der Waals surface area contributed by atoms with Gasteiger partial charge in [0.15, 0.2) is 0 Å². The average Bonchev–Trinajstić information content (AvgIpc) is 2.94. The maximum atomic E-state index is 12.5. The molecule has 18 heavy (non-hydrogen) atoms. The zero-order chi connectivity index (χ0) is 13.3. The highest BCUT2D eigenvalue weighted by molar-refractivity contribution is 9.10. The molecule has 0 bridgehead atoms. The molecule has 1 aromatic rings. The van der Waals surface area contributed by atoms with Crippen LogP contribution in [0.5, 0.6) is 0 Å². The van der Waals surface area contributed by atoms with Crippen LogP contribution in [0, 0.1) is 0 Å². The average molecular weight is 315 g/mol. The minimum Gasteiger partial charge on any atom is -0.380 e. The van der Waals surface area contributed by atoms with Crippen LogP contribution in [0.3, 0.4) is 0 Å². The second-order valence-corrected chi connectivity index (χ2v) is 5.86. The quantitative estimate of drug-likeness (QED) is 0.859. The Balaban J connectivity index is 2.19. The summed E-state index contributed by atoms with van der Waals surface area (Å²) in [7, 11) is 1.70. The number of amides is 1. The molecular formula is C13H19BrN2O2. The highest BCUT2D eigenvalue weighted by Crippen LogP contribution is 2.22. The van der Waals surface area contributed by atoms with Gasteiger partial charge >= 0.3 is 0 Å². The van der Waals surface area contributed by atoms with Gasteiger partial charge in [0.1, 0.15) is 5.69 Å². The van der Waals surface area contributed by atoms with Crippen LogP contribution in [0.15, 0.2) is 16.7 Å². The lowest BCUT2D eigenvalue weighted by atomic mass is 10.3. The molecule has 0 radical (unpaired) electrons. The van der Waals surface area contributed by atoms with Crippen molar-refractivity contribution in [2.24, 2.45) is 0 Å². The van der Waals surface area contributed by atoms with Gasteiger partial charge in [0.05, 0.1) is 6.10 Å². The Kier molecular flexibility index (Phi) is 4.12. The Morgan fingerprint density at radius 1 is 1.56 bits per heavy atom. The smallest absolute Gasteiger partial charge is 0.270 e. The van der Waals surface area contributed by atoms with E-state index >= 15 is 0 Å². The molecule has 5 heteroatoms. The first-order valence-corrected chi connectivity index (χ1v) is 7.01. The first-order chi connectivity index (χ1) is 8.52. The van der Waals surface area contributed by atoms with Crippen LogP contribution in [-0.2, 0) is 4.74 Å². The summed E-state index contributed by atoms with van der Waals surface area (Å²) in [6.07, 6.45) is 3.06. The van der Waals surface area contributed by atoms with Gasteiger partial charge in [0, 0.05) is 36.9 Å². The molecular weight excluding hydrogens is 296 g/mol. The lowest BCUT2D eigenvalue weighted by Gasteiger charge is -2.19. The van der Waals surface area contributed by atoms with Crippen molar-refractivity contribution >= 4 is 21.8 Å². The van der Waals surface area contributed by atoms with Gasteiger partial charge in [-0.3, -0.25) is 4.79 Å². The molecule has 1 aliphatic heterocycles. The third-order valence-electron chi connectivity index (χ3n) is 3.36. The summed E-state index contributed by atoms with van der Waals surface area (Å²) in [5.41, 5.74) is 0.744. The molecule has 1 aliphatic rings. The van der Waals surface area contributed by atoms with Gasteiger partial charge in [0.2, 0.25) is 0 Å². The molecule has 1 atom stereocenters. The predicted molar refractivity (Wildman–Crippen MR) is 73.8 cm³/mol. The van der Waals surface area contributed by atoms with Gasteiger partial charge in [-0.25, -0.2) is 0 Å². The van der Waals surface area contributed by atoms with Crippen LogP contribution >= 0.6 is 15.9 Å². The number of ether oxygens (including phenoxy) is 1. The van der Waals surface area contributed by atoms with E-state index in [0.29, 0.717) is 6.54 Å². The monoisotopic (exact) mass is 314 g/mol. The van der Waals surface area contributed by atoms with Crippen molar-refractivity contribution in [1.82, 2.24) is 9.47 Å². The van der Waals surface area contributed by atoms with Gasteiger partial charge in [0.25, 0.3) is 5.91 Å². The van der Waals surface area contributed by atoms with Crippen molar-refractivity contribution in [2.45, 2.75) is 32.4 Å². The van der Waals surface area contributed by atoms with Crippen molar-refractivity contribution in [2.75, 3.05) is 20.2 Å². The van der Waals surface area contributed by atoms with E-state index in [-0.39, 0.29) is 18.1 Å². The molecule has 1 unspecified atom stereocenters. The number of rotatable bonds is 3. The van der Waals surface area contributed by atoms with Crippen LogP contribution in [0.4, 0.5) is 0 Å². The summed E-state index contributed by atoms with van der Waals surface area (Å²) >= 11 is 3.44. The first kappa shape index (κ1) is 13.6. The van der Waals surface area contributed by atoms with E-state index in [4.69, 9.17) is 4.74 Å². The van der Waals surface area contributed by atoms with Crippen molar-refractivity contribution in [3.8, 4) is 0 Å². The Morgan fingerprint density at radius 3 is 2.83 bits per heavy atom. The number of aromatic nitrogens is 1. The number of hydrogen-bond acceptors (Lipinski definition) is 2. The third-order valence-corrected chi connectivity index (χ3v) is 3.79. The van der Waals surface area contributed by atoms with E-state index in [2.05, 4.69) is 29.8 Å². The molecule has 0 spiro atoms. The maximum Gasteiger partial charge on any atom is 0.270 e. The number of methoxy groups -OCH3 is 1. The molecule has 1 saturated heterocycles. The highest BCUT2D eigenvalue weighted by Gasteiger charge is 2.28. The summed E-state index contributed by atoms with van der Waals surface area (Å²) in [6.45, 7) is 5.62. The van der Waals surface area contributed by atoms with Gasteiger partial charge in [-0.1, -0.05) is 0 Å². The van der Waals surface area contributed by atoms with Gasteiger partial charge in [-0.15, -0.1) is 0 Å². The molecule has 100 valence electrons. The number of carbonyl (C=O) groups excluding carboxylic acids is 1. The number of hydrogen-bond donors (Lipinski definition) is 0. The zero-order valence-corrected chi connectivity index (χ0v) is 12.6. The van der Waals surface area contributed by atoms with Gasteiger partial charge in [-0.05, 0) is 42.3 Å². The van der Waals surface area contributed by atoms with Crippen LogP contribution < -0.4 is 0 Å². The SMILES string of the molecule is COC1CCN(C(=O)c2cc(Br)cn2C(C)C)C1. The summed E-state index contributed by atoms with van der Waals surface area (Å²) in [6, 6.07) is 2.17. The Hall–Kier alpha value is -0.810. The fourth-order valence-electron chi connectivity index (χ4n) is 2.31. The van der Waals surface area contributed by atoms with Gasteiger partial charge < -0.3 is 14.2 Å². The molecule has 0 aliphatic carbocycles. The second-order valence-electron chi connectivity index (χ2n) is 4.94.